The lowest BCUT2D eigenvalue weighted by Crippen LogP contribution is -2.60. The Morgan fingerprint density at radius 3 is 2.58 bits per heavy atom. The normalized spacial score (nSPS) is 18.9. The highest BCUT2D eigenvalue weighted by Gasteiger charge is 2.48. The molecule has 1 saturated carbocycles. The van der Waals surface area contributed by atoms with Gasteiger partial charge in [0.1, 0.15) is 5.54 Å². The van der Waals surface area contributed by atoms with E-state index in [1.807, 2.05) is 41.4 Å². The van der Waals surface area contributed by atoms with Crippen LogP contribution in [0.2, 0.25) is 0 Å². The molecule has 1 aromatic heterocycles. The Morgan fingerprint density at radius 1 is 1.09 bits per heavy atom. The number of piperidine rings is 1. The second-order valence-electron chi connectivity index (χ2n) is 9.48. The number of rotatable bonds is 7. The first kappa shape index (κ1) is 21.7. The van der Waals surface area contributed by atoms with Gasteiger partial charge in [0.15, 0.2) is 0 Å². The Morgan fingerprint density at radius 2 is 1.85 bits per heavy atom. The van der Waals surface area contributed by atoms with E-state index in [-0.39, 0.29) is 11.9 Å². The number of aromatic amines is 1. The van der Waals surface area contributed by atoms with Crippen molar-refractivity contribution < 1.29 is 9.59 Å². The fraction of sp³-hybridized carbons (Fsp3) is 0.407. The summed E-state index contributed by atoms with van der Waals surface area (Å²) in [6.45, 7) is 2.80. The van der Waals surface area contributed by atoms with Gasteiger partial charge in [-0.2, -0.15) is 0 Å². The molecular weight excluding hydrogens is 412 g/mol. The summed E-state index contributed by atoms with van der Waals surface area (Å²) in [6, 6.07) is 18.5. The number of benzene rings is 2. The van der Waals surface area contributed by atoms with Crippen LogP contribution in [-0.2, 0) is 16.1 Å². The average molecular weight is 445 g/mol. The minimum atomic E-state index is -0.749. The molecule has 0 bridgehead atoms. The summed E-state index contributed by atoms with van der Waals surface area (Å²) in [7, 11) is 0. The molecule has 6 nitrogen and oxygen atoms in total. The summed E-state index contributed by atoms with van der Waals surface area (Å²) in [5.41, 5.74) is 2.39. The summed E-state index contributed by atoms with van der Waals surface area (Å²) in [5, 5.41) is 4.20. The van der Waals surface area contributed by atoms with Crippen LogP contribution in [0, 0.1) is 0 Å². The maximum Gasteiger partial charge on any atom is 0.250 e. The van der Waals surface area contributed by atoms with E-state index in [9.17, 15) is 9.59 Å². The number of nitrogens with zero attached hydrogens (tertiary/aromatic N) is 2. The van der Waals surface area contributed by atoms with E-state index in [2.05, 4.69) is 39.5 Å². The first-order chi connectivity index (χ1) is 16.2. The molecule has 0 spiro atoms. The van der Waals surface area contributed by atoms with Crippen LogP contribution in [-0.4, -0.2) is 51.8 Å². The molecule has 2 heterocycles. The molecule has 2 N–H and O–H groups in total. The van der Waals surface area contributed by atoms with Gasteiger partial charge in [-0.05, 0) is 55.5 Å². The smallest absolute Gasteiger partial charge is 0.250 e. The third kappa shape index (κ3) is 4.40. The molecule has 1 aliphatic heterocycles. The fourth-order valence-corrected chi connectivity index (χ4v) is 5.67. The van der Waals surface area contributed by atoms with Crippen molar-refractivity contribution in [2.24, 2.45) is 0 Å². The minimum absolute atomic E-state index is 0.0475. The molecule has 1 aliphatic carbocycles. The number of amides is 2. The van der Waals surface area contributed by atoms with Crippen LogP contribution in [0.3, 0.4) is 0 Å². The van der Waals surface area contributed by atoms with Crippen molar-refractivity contribution in [3.05, 3.63) is 66.4 Å². The number of carbonyl (C=O) groups excluding carboxylic acids is 2. The van der Waals surface area contributed by atoms with Crippen LogP contribution in [0.1, 0.15) is 44.1 Å². The van der Waals surface area contributed by atoms with Gasteiger partial charge in [-0.1, -0.05) is 43.2 Å². The first-order valence-electron chi connectivity index (χ1n) is 12.1. The molecule has 33 heavy (non-hydrogen) atoms. The summed E-state index contributed by atoms with van der Waals surface area (Å²) >= 11 is 0. The molecule has 0 unspecified atom stereocenters. The number of aromatic nitrogens is 1. The van der Waals surface area contributed by atoms with E-state index in [0.717, 1.165) is 81.2 Å². The van der Waals surface area contributed by atoms with Crippen LogP contribution in [0.5, 0.6) is 0 Å². The lowest BCUT2D eigenvalue weighted by molar-refractivity contribution is -0.141. The van der Waals surface area contributed by atoms with Crippen molar-refractivity contribution in [3.8, 4) is 0 Å². The largest absolute Gasteiger partial charge is 0.361 e. The van der Waals surface area contributed by atoms with Crippen LogP contribution in [0.25, 0.3) is 10.9 Å². The van der Waals surface area contributed by atoms with Crippen LogP contribution >= 0.6 is 0 Å². The van der Waals surface area contributed by atoms with Gasteiger partial charge in [0.25, 0.3) is 0 Å². The van der Waals surface area contributed by atoms with Gasteiger partial charge in [0.05, 0.1) is 0 Å². The zero-order valence-corrected chi connectivity index (χ0v) is 19.0. The fourth-order valence-electron chi connectivity index (χ4n) is 5.67. The number of likely N-dealkylation sites (tertiary alicyclic amines) is 1. The Bertz CT molecular complexity index is 1100. The molecule has 5 rings (SSSR count). The topological polar surface area (TPSA) is 68.4 Å². The predicted octanol–water partition coefficient (Wildman–Crippen LogP) is 4.54. The van der Waals surface area contributed by atoms with Gasteiger partial charge in [-0.15, -0.1) is 0 Å². The van der Waals surface area contributed by atoms with E-state index in [1.165, 1.54) is 5.56 Å². The molecule has 2 aromatic carbocycles. The summed E-state index contributed by atoms with van der Waals surface area (Å²) in [6.07, 6.45) is 8.04. The molecular formula is C27H32N4O2. The minimum Gasteiger partial charge on any atom is -0.361 e. The Kier molecular flexibility index (Phi) is 6.18. The highest BCUT2D eigenvalue weighted by Crippen LogP contribution is 2.39. The second-order valence-corrected chi connectivity index (χ2v) is 9.48. The maximum atomic E-state index is 13.6. The van der Waals surface area contributed by atoms with Gasteiger partial charge in [-0.3, -0.25) is 14.5 Å². The lowest BCUT2D eigenvalue weighted by Gasteiger charge is -2.45. The molecule has 1 saturated heterocycles. The molecule has 6 heteroatoms. The van der Waals surface area contributed by atoms with Crippen LogP contribution < -0.4 is 5.32 Å². The third-order valence-corrected chi connectivity index (χ3v) is 7.47. The molecule has 2 aliphatic rings. The number of carbonyl (C=O) groups is 2. The zero-order valence-electron chi connectivity index (χ0n) is 19.0. The average Bonchev–Trinajstić information content (AvgIpc) is 3.52. The van der Waals surface area contributed by atoms with Crippen molar-refractivity contribution in [2.75, 3.05) is 18.4 Å². The highest BCUT2D eigenvalue weighted by atomic mass is 16.2. The monoisotopic (exact) mass is 444 g/mol. The van der Waals surface area contributed by atoms with Gasteiger partial charge in [0.2, 0.25) is 12.3 Å². The Labute approximate surface area is 195 Å². The summed E-state index contributed by atoms with van der Waals surface area (Å²) < 4.78 is 0. The van der Waals surface area contributed by atoms with E-state index in [1.54, 1.807) is 0 Å². The third-order valence-electron chi connectivity index (χ3n) is 7.47. The Balaban J connectivity index is 1.28. The first-order valence-corrected chi connectivity index (χ1v) is 12.1. The zero-order chi connectivity index (χ0) is 22.7. The molecule has 3 aromatic rings. The van der Waals surface area contributed by atoms with E-state index in [4.69, 9.17) is 0 Å². The Hall–Kier alpha value is -3.12. The van der Waals surface area contributed by atoms with E-state index < -0.39 is 5.54 Å². The number of hydrogen-bond acceptors (Lipinski definition) is 3. The standard InChI is InChI=1S/C27H32N4O2/c32-20-31(24-11-16-30(17-12-24)19-21-6-2-1-3-7-21)27(13-4-5-14-27)26(33)29-23-8-9-25-22(18-23)10-15-28-25/h1-3,6-10,15,18,20,24,28H,4-5,11-14,16-17,19H2,(H,29,33). The number of H-pyrrole nitrogens is 1. The molecule has 2 fully saturated rings. The summed E-state index contributed by atoms with van der Waals surface area (Å²) in [5.74, 6) is -0.0475. The molecule has 2 amide bonds. The van der Waals surface area contributed by atoms with Gasteiger partial charge in [0, 0.05) is 48.5 Å². The molecule has 172 valence electrons. The quantitative estimate of drug-likeness (QED) is 0.526. The highest BCUT2D eigenvalue weighted by molar-refractivity contribution is 6.00. The number of fused-ring (bicyclic) bond motifs is 1. The van der Waals surface area contributed by atoms with Crippen molar-refractivity contribution in [3.63, 3.8) is 0 Å². The van der Waals surface area contributed by atoms with Crippen molar-refractivity contribution in [1.82, 2.24) is 14.8 Å². The lowest BCUT2D eigenvalue weighted by atomic mass is 9.89. The molecule has 0 atom stereocenters. The van der Waals surface area contributed by atoms with Gasteiger partial charge < -0.3 is 15.2 Å². The van der Waals surface area contributed by atoms with Gasteiger partial charge >= 0.3 is 0 Å². The molecule has 0 radical (unpaired) electrons. The van der Waals surface area contributed by atoms with Crippen molar-refractivity contribution in [1.29, 1.82) is 0 Å². The van der Waals surface area contributed by atoms with Crippen molar-refractivity contribution in [2.45, 2.75) is 56.7 Å². The second kappa shape index (κ2) is 9.40. The SMILES string of the molecule is O=CN(C1CCN(Cc2ccccc2)CC1)C1(C(=O)Nc2ccc3[nH]ccc3c2)CCCC1. The predicted molar refractivity (Wildman–Crippen MR) is 131 cm³/mol. The van der Waals surface area contributed by atoms with Crippen molar-refractivity contribution >= 4 is 28.9 Å². The van der Waals surface area contributed by atoms with E-state index in [0.29, 0.717) is 0 Å². The maximum absolute atomic E-state index is 13.6. The van der Waals surface area contributed by atoms with E-state index >= 15 is 0 Å². The number of nitrogens with one attached hydrogen (secondary N) is 2. The van der Waals surface area contributed by atoms with Gasteiger partial charge in [-0.25, -0.2) is 0 Å². The van der Waals surface area contributed by atoms with Crippen LogP contribution in [0.4, 0.5) is 5.69 Å². The number of anilines is 1. The number of hydrogen-bond donors (Lipinski definition) is 2. The summed E-state index contributed by atoms with van der Waals surface area (Å²) in [4.78, 5) is 33.5. The van der Waals surface area contributed by atoms with Crippen LogP contribution in [0.15, 0.2) is 60.8 Å².